The third kappa shape index (κ3) is 3.27. The summed E-state index contributed by atoms with van der Waals surface area (Å²) in [5.74, 6) is -0.745. The Labute approximate surface area is 118 Å². The maximum Gasteiger partial charge on any atom is 0.339 e. The fraction of sp³-hybridized carbons (Fsp3) is 0.0833. The number of carboxylic acid groups (broad SMARTS) is 1. The molecule has 8 heteroatoms. The van der Waals surface area contributed by atoms with Crippen molar-refractivity contribution in [3.05, 3.63) is 46.8 Å². The smallest absolute Gasteiger partial charge is 0.339 e. The second-order valence-corrected chi connectivity index (χ2v) is 4.16. The van der Waals surface area contributed by atoms with Gasteiger partial charge in [0, 0.05) is 6.07 Å². The normalized spacial score (nSPS) is 10.1. The summed E-state index contributed by atoms with van der Waals surface area (Å²) in [7, 11) is 0. The molecule has 7 nitrogen and oxygen atoms in total. The minimum Gasteiger partial charge on any atom is -0.478 e. The molecule has 0 aliphatic rings. The number of carbonyl (C=O) groups excluding carboxylic acids is 1. The van der Waals surface area contributed by atoms with Gasteiger partial charge in [-0.25, -0.2) is 9.59 Å². The molecule has 0 bridgehead atoms. The Balaban J connectivity index is 2.04. The maximum absolute atomic E-state index is 11.7. The van der Waals surface area contributed by atoms with Crippen molar-refractivity contribution in [1.82, 2.24) is 10.5 Å². The number of benzene rings is 1. The van der Waals surface area contributed by atoms with Gasteiger partial charge in [0.1, 0.15) is 5.56 Å². The Morgan fingerprint density at radius 3 is 2.80 bits per heavy atom. The third-order valence-corrected chi connectivity index (χ3v) is 2.71. The lowest BCUT2D eigenvalue weighted by Gasteiger charge is -2.10. The molecule has 104 valence electrons. The fourth-order valence-electron chi connectivity index (χ4n) is 1.51. The average molecular weight is 296 g/mol. The van der Waals surface area contributed by atoms with E-state index in [1.165, 1.54) is 18.3 Å². The van der Waals surface area contributed by atoms with E-state index in [4.69, 9.17) is 21.2 Å². The van der Waals surface area contributed by atoms with Crippen molar-refractivity contribution in [2.24, 2.45) is 0 Å². The highest BCUT2D eigenvalue weighted by atomic mass is 35.5. The lowest BCUT2D eigenvalue weighted by molar-refractivity contribution is 0.0698. The first-order chi connectivity index (χ1) is 9.58. The molecule has 0 saturated heterocycles. The summed E-state index contributed by atoms with van der Waals surface area (Å²) in [6.07, 6.45) is 1.45. The summed E-state index contributed by atoms with van der Waals surface area (Å²) in [5.41, 5.74) is -0.0518. The van der Waals surface area contributed by atoms with Crippen molar-refractivity contribution in [1.29, 1.82) is 0 Å². The molecule has 1 heterocycles. The van der Waals surface area contributed by atoms with E-state index in [9.17, 15) is 9.59 Å². The van der Waals surface area contributed by atoms with Crippen LogP contribution in [0.25, 0.3) is 0 Å². The van der Waals surface area contributed by atoms with E-state index in [1.54, 1.807) is 12.1 Å². The average Bonchev–Trinajstić information content (AvgIpc) is 2.89. The number of carbonyl (C=O) groups is 2. The van der Waals surface area contributed by atoms with Gasteiger partial charge in [-0.05, 0) is 12.1 Å². The summed E-state index contributed by atoms with van der Waals surface area (Å²) in [5, 5.41) is 17.5. The standard InChI is InChI=1S/C12H10ClN3O4/c13-8-2-1-3-9(10(8)11(17)18)16-12(19)14-6-7-4-5-15-20-7/h1-5H,6H2,(H,17,18)(H2,14,16,19). The predicted octanol–water partition coefficient (Wildman–Crippen LogP) is 2.35. The van der Waals surface area contributed by atoms with Crippen molar-refractivity contribution in [3.8, 4) is 0 Å². The van der Waals surface area contributed by atoms with E-state index in [2.05, 4.69) is 15.8 Å². The van der Waals surface area contributed by atoms with Crippen LogP contribution in [-0.4, -0.2) is 22.3 Å². The minimum absolute atomic E-state index is 0.0468. The Kier molecular flexibility index (Phi) is 4.21. The Morgan fingerprint density at radius 1 is 1.35 bits per heavy atom. The van der Waals surface area contributed by atoms with E-state index in [0.29, 0.717) is 5.76 Å². The zero-order valence-electron chi connectivity index (χ0n) is 10.1. The van der Waals surface area contributed by atoms with Crippen LogP contribution in [0.2, 0.25) is 5.02 Å². The lowest BCUT2D eigenvalue weighted by Crippen LogP contribution is -2.28. The van der Waals surface area contributed by atoms with E-state index in [-0.39, 0.29) is 22.8 Å². The Hall–Kier alpha value is -2.54. The van der Waals surface area contributed by atoms with Gasteiger partial charge >= 0.3 is 12.0 Å². The molecule has 0 saturated carbocycles. The van der Waals surface area contributed by atoms with E-state index < -0.39 is 12.0 Å². The summed E-state index contributed by atoms with van der Waals surface area (Å²) < 4.78 is 4.81. The number of hydrogen-bond acceptors (Lipinski definition) is 4. The summed E-state index contributed by atoms with van der Waals surface area (Å²) in [6, 6.07) is 5.45. The SMILES string of the molecule is O=C(NCc1ccno1)Nc1cccc(Cl)c1C(=O)O. The second-order valence-electron chi connectivity index (χ2n) is 3.75. The first-order valence-electron chi connectivity index (χ1n) is 5.54. The number of nitrogens with zero attached hydrogens (tertiary/aromatic N) is 1. The summed E-state index contributed by atoms with van der Waals surface area (Å²) in [6.45, 7) is 0.134. The van der Waals surface area contributed by atoms with Crippen molar-refractivity contribution >= 4 is 29.3 Å². The van der Waals surface area contributed by atoms with Crippen LogP contribution in [0.15, 0.2) is 35.0 Å². The van der Waals surface area contributed by atoms with Crippen LogP contribution in [-0.2, 0) is 6.54 Å². The largest absolute Gasteiger partial charge is 0.478 e. The van der Waals surface area contributed by atoms with Gasteiger partial charge in [-0.2, -0.15) is 0 Å². The van der Waals surface area contributed by atoms with Crippen molar-refractivity contribution in [2.75, 3.05) is 5.32 Å². The summed E-state index contributed by atoms with van der Waals surface area (Å²) >= 11 is 5.79. The molecule has 0 spiro atoms. The zero-order valence-corrected chi connectivity index (χ0v) is 10.8. The molecule has 2 aromatic rings. The van der Waals surface area contributed by atoms with Crippen LogP contribution in [0.4, 0.5) is 10.5 Å². The topological polar surface area (TPSA) is 104 Å². The number of carboxylic acids is 1. The highest BCUT2D eigenvalue weighted by Gasteiger charge is 2.16. The molecular weight excluding hydrogens is 286 g/mol. The van der Waals surface area contributed by atoms with Gasteiger partial charge in [-0.1, -0.05) is 22.8 Å². The molecule has 0 radical (unpaired) electrons. The van der Waals surface area contributed by atoms with E-state index in [1.807, 2.05) is 0 Å². The molecule has 3 N–H and O–H groups in total. The summed E-state index contributed by atoms with van der Waals surface area (Å²) in [4.78, 5) is 22.8. The number of urea groups is 1. The van der Waals surface area contributed by atoms with Crippen LogP contribution in [0.1, 0.15) is 16.1 Å². The first-order valence-corrected chi connectivity index (χ1v) is 5.92. The van der Waals surface area contributed by atoms with Crippen LogP contribution in [0.5, 0.6) is 0 Å². The zero-order chi connectivity index (χ0) is 14.5. The van der Waals surface area contributed by atoms with Crippen LogP contribution >= 0.6 is 11.6 Å². The lowest BCUT2D eigenvalue weighted by atomic mass is 10.2. The predicted molar refractivity (Wildman–Crippen MR) is 70.8 cm³/mol. The van der Waals surface area contributed by atoms with Crippen molar-refractivity contribution in [2.45, 2.75) is 6.54 Å². The van der Waals surface area contributed by atoms with Gasteiger partial charge in [0.05, 0.1) is 23.5 Å². The van der Waals surface area contributed by atoms with Crippen LogP contribution < -0.4 is 10.6 Å². The highest BCUT2D eigenvalue weighted by Crippen LogP contribution is 2.24. The van der Waals surface area contributed by atoms with Gasteiger partial charge in [0.15, 0.2) is 5.76 Å². The van der Waals surface area contributed by atoms with E-state index in [0.717, 1.165) is 0 Å². The van der Waals surface area contributed by atoms with Gasteiger partial charge in [0.25, 0.3) is 0 Å². The molecule has 2 rings (SSSR count). The molecule has 0 atom stereocenters. The monoisotopic (exact) mass is 295 g/mol. The molecule has 0 fully saturated rings. The number of aromatic carboxylic acids is 1. The molecule has 1 aromatic carbocycles. The quantitative estimate of drug-likeness (QED) is 0.803. The second kappa shape index (κ2) is 6.07. The van der Waals surface area contributed by atoms with Crippen LogP contribution in [0, 0.1) is 0 Å². The van der Waals surface area contributed by atoms with Gasteiger partial charge in [-0.3, -0.25) is 0 Å². The van der Waals surface area contributed by atoms with E-state index >= 15 is 0 Å². The molecular formula is C12H10ClN3O4. The third-order valence-electron chi connectivity index (χ3n) is 2.39. The molecule has 0 aliphatic heterocycles. The van der Waals surface area contributed by atoms with Crippen molar-refractivity contribution in [3.63, 3.8) is 0 Å². The Morgan fingerprint density at radius 2 is 2.15 bits per heavy atom. The van der Waals surface area contributed by atoms with Crippen molar-refractivity contribution < 1.29 is 19.2 Å². The molecule has 20 heavy (non-hydrogen) atoms. The van der Waals surface area contributed by atoms with Gasteiger partial charge in [-0.15, -0.1) is 0 Å². The molecule has 2 amide bonds. The highest BCUT2D eigenvalue weighted by molar-refractivity contribution is 6.34. The molecule has 0 aliphatic carbocycles. The van der Waals surface area contributed by atoms with Gasteiger partial charge < -0.3 is 20.3 Å². The number of halogens is 1. The number of anilines is 1. The first kappa shape index (κ1) is 13.9. The minimum atomic E-state index is -1.22. The Bertz CT molecular complexity index is 628. The number of rotatable bonds is 4. The van der Waals surface area contributed by atoms with Gasteiger partial charge in [0.2, 0.25) is 0 Å². The number of hydrogen-bond donors (Lipinski definition) is 3. The molecule has 0 unspecified atom stereocenters. The maximum atomic E-state index is 11.7. The number of amides is 2. The number of nitrogens with one attached hydrogen (secondary N) is 2. The van der Waals surface area contributed by atoms with Crippen LogP contribution in [0.3, 0.4) is 0 Å². The molecule has 1 aromatic heterocycles. The fourth-order valence-corrected chi connectivity index (χ4v) is 1.77. The number of aromatic nitrogens is 1.